The molecule has 2 aliphatic carbocycles. The fourth-order valence-electron chi connectivity index (χ4n) is 4.06. The third-order valence-electron chi connectivity index (χ3n) is 6.66. The van der Waals surface area contributed by atoms with E-state index in [-0.39, 0.29) is 24.5 Å². The normalized spacial score (nSPS) is 18.7. The summed E-state index contributed by atoms with van der Waals surface area (Å²) in [5, 5.41) is 11.9. The van der Waals surface area contributed by atoms with Gasteiger partial charge in [-0.1, -0.05) is 24.4 Å². The lowest BCUT2D eigenvalue weighted by Gasteiger charge is -2.32. The molecule has 3 amide bonds. The van der Waals surface area contributed by atoms with Gasteiger partial charge in [0.25, 0.3) is 11.8 Å². The maximum atomic E-state index is 13.5. The van der Waals surface area contributed by atoms with Crippen molar-refractivity contribution < 1.29 is 40.9 Å². The first-order valence-electron chi connectivity index (χ1n) is 14.3. The molecule has 2 atom stereocenters. The number of pyridine rings is 1. The Kier molecular flexibility index (Phi) is 10.4. The van der Waals surface area contributed by atoms with Crippen molar-refractivity contribution in [3.8, 4) is 0 Å². The number of carbonyl (C=O) groups excluding carboxylic acids is 2. The molecule has 0 spiro atoms. The number of carbonyl (C=O) groups is 2. The summed E-state index contributed by atoms with van der Waals surface area (Å²) in [6.45, 7) is 0.899. The van der Waals surface area contributed by atoms with Crippen LogP contribution in [0.5, 0.6) is 0 Å². The summed E-state index contributed by atoms with van der Waals surface area (Å²) in [4.78, 5) is 35.3. The van der Waals surface area contributed by atoms with Crippen LogP contribution < -0.4 is 10.6 Å². The molecule has 3 N–H and O–H groups in total. The molecule has 3 aliphatic rings. The molecule has 0 unspecified atom stereocenters. The molecule has 4 heterocycles. The second-order valence-electron chi connectivity index (χ2n) is 11.0. The van der Waals surface area contributed by atoms with Crippen molar-refractivity contribution in [1.29, 1.82) is 0 Å². The Bertz CT molecular complexity index is 1420. The van der Waals surface area contributed by atoms with E-state index in [1.165, 1.54) is 26.2 Å². The number of H-pyrrole nitrogens is 1. The number of nitrogens with zero attached hydrogens (tertiary/aromatic N) is 5. The van der Waals surface area contributed by atoms with E-state index in [4.69, 9.17) is 4.74 Å². The van der Waals surface area contributed by atoms with E-state index < -0.39 is 43.4 Å². The van der Waals surface area contributed by atoms with Gasteiger partial charge in [0.2, 0.25) is 0 Å². The van der Waals surface area contributed by atoms with E-state index in [0.717, 1.165) is 24.7 Å². The van der Waals surface area contributed by atoms with Crippen LogP contribution in [-0.4, -0.2) is 86.5 Å². The van der Waals surface area contributed by atoms with Gasteiger partial charge in [-0.3, -0.25) is 4.79 Å². The van der Waals surface area contributed by atoms with Gasteiger partial charge in [-0.2, -0.15) is 13.2 Å². The molecule has 3 aromatic rings. The monoisotopic (exact) mass is 630 g/mol. The first-order chi connectivity index (χ1) is 20.8. The lowest BCUT2D eigenvalue weighted by atomic mass is 10.2. The molecule has 6 rings (SSSR count). The quantitative estimate of drug-likeness (QED) is 0.308. The second kappa shape index (κ2) is 13.8. The Balaban J connectivity index is 0.000000239. The number of hydrogen-bond acceptors (Lipinski definition) is 8. The Morgan fingerprint density at radius 2 is 1.89 bits per heavy atom. The third kappa shape index (κ3) is 9.56. The summed E-state index contributed by atoms with van der Waals surface area (Å²) < 4.78 is 74.2. The van der Waals surface area contributed by atoms with Crippen molar-refractivity contribution in [3.05, 3.63) is 35.0 Å². The molecule has 1 aliphatic heterocycles. The molecule has 2 saturated carbocycles. The van der Waals surface area contributed by atoms with Gasteiger partial charge >= 0.3 is 12.2 Å². The van der Waals surface area contributed by atoms with Gasteiger partial charge < -0.3 is 25.3 Å². The van der Waals surface area contributed by atoms with E-state index >= 15 is 0 Å². The molecule has 12 nitrogen and oxygen atoms in total. The van der Waals surface area contributed by atoms with Crippen molar-refractivity contribution in [2.45, 2.75) is 89.1 Å². The Hall–Kier alpha value is -3.89. The Labute approximate surface area is 249 Å². The molecule has 0 bridgehead atoms. The number of alkyl halides is 5. The SMILES string of the molecule is C1CC1.CNC(=O)c1nonc1C1CC1.C[C@H](Cc1nc2nc(CN3CC(F)(F)CNC3=O)ccc2[nH]1)O[C@H](C)C(F)(F)F. The van der Waals surface area contributed by atoms with Crippen molar-refractivity contribution in [2.75, 3.05) is 20.1 Å². The topological polar surface area (TPSA) is 151 Å². The number of imidazole rings is 1. The average Bonchev–Trinajstić information content (AvgIpc) is 3.91. The number of aromatic amines is 1. The van der Waals surface area contributed by atoms with E-state index in [9.17, 15) is 31.5 Å². The smallest absolute Gasteiger partial charge is 0.366 e. The number of rotatable bonds is 8. The van der Waals surface area contributed by atoms with Gasteiger partial charge in [0, 0.05) is 19.4 Å². The molecular formula is C27H35F5N8O4. The Morgan fingerprint density at radius 3 is 2.50 bits per heavy atom. The summed E-state index contributed by atoms with van der Waals surface area (Å²) in [6.07, 6.45) is -0.328. The number of ether oxygens (including phenoxy) is 1. The number of hydrogen-bond donors (Lipinski definition) is 3. The van der Waals surface area contributed by atoms with Gasteiger partial charge in [-0.05, 0) is 44.0 Å². The maximum Gasteiger partial charge on any atom is 0.414 e. The van der Waals surface area contributed by atoms with Crippen molar-refractivity contribution in [3.63, 3.8) is 0 Å². The van der Waals surface area contributed by atoms with Crippen LogP contribution in [-0.2, 0) is 17.7 Å². The molecule has 0 aromatic carbocycles. The van der Waals surface area contributed by atoms with Crippen molar-refractivity contribution in [1.82, 2.24) is 40.8 Å². The number of fused-ring (bicyclic) bond motifs is 1. The van der Waals surface area contributed by atoms with Gasteiger partial charge in [0.05, 0.1) is 36.9 Å². The van der Waals surface area contributed by atoms with Gasteiger partial charge in [-0.25, -0.2) is 28.2 Å². The maximum absolute atomic E-state index is 13.5. The van der Waals surface area contributed by atoms with E-state index in [0.29, 0.717) is 34.3 Å². The highest BCUT2D eigenvalue weighted by atomic mass is 19.4. The highest BCUT2D eigenvalue weighted by Crippen LogP contribution is 2.40. The van der Waals surface area contributed by atoms with Crippen LogP contribution in [0.25, 0.3) is 11.2 Å². The van der Waals surface area contributed by atoms with Gasteiger partial charge in [0.1, 0.15) is 11.5 Å². The van der Waals surface area contributed by atoms with Crippen LogP contribution >= 0.6 is 0 Å². The largest absolute Gasteiger partial charge is 0.414 e. The number of nitrogens with one attached hydrogen (secondary N) is 3. The van der Waals surface area contributed by atoms with Crippen LogP contribution in [0.15, 0.2) is 16.8 Å². The molecule has 44 heavy (non-hydrogen) atoms. The Morgan fingerprint density at radius 1 is 1.18 bits per heavy atom. The fraction of sp³-hybridized carbons (Fsp3) is 0.630. The summed E-state index contributed by atoms with van der Waals surface area (Å²) in [6, 6.07) is 2.58. The lowest BCUT2D eigenvalue weighted by molar-refractivity contribution is -0.224. The summed E-state index contributed by atoms with van der Waals surface area (Å²) in [5.74, 6) is -2.48. The lowest BCUT2D eigenvalue weighted by Crippen LogP contribution is -2.56. The molecule has 1 saturated heterocycles. The molecular weight excluding hydrogens is 595 g/mol. The zero-order chi connectivity index (χ0) is 32.1. The van der Waals surface area contributed by atoms with Crippen LogP contribution in [0.4, 0.5) is 26.7 Å². The van der Waals surface area contributed by atoms with Crippen LogP contribution in [0.1, 0.15) is 79.6 Å². The summed E-state index contributed by atoms with van der Waals surface area (Å²) >= 11 is 0. The van der Waals surface area contributed by atoms with E-state index in [1.807, 2.05) is 0 Å². The van der Waals surface area contributed by atoms with E-state index in [2.05, 4.69) is 40.5 Å². The van der Waals surface area contributed by atoms with Crippen LogP contribution in [0.3, 0.4) is 0 Å². The molecule has 0 radical (unpaired) electrons. The number of amides is 3. The molecule has 242 valence electrons. The summed E-state index contributed by atoms with van der Waals surface area (Å²) in [5.41, 5.74) is 2.21. The minimum Gasteiger partial charge on any atom is -0.366 e. The first-order valence-corrected chi connectivity index (χ1v) is 14.3. The molecule has 3 fully saturated rings. The average molecular weight is 631 g/mol. The first kappa shape index (κ1) is 33.0. The zero-order valence-electron chi connectivity index (χ0n) is 24.5. The standard InChI is InChI=1S/C17H20F5N5O2.C7H9N3O2.C3H6/c1-9(29-10(2)17(20,21)22)5-13-25-12-4-3-11(24-14(12)26-13)6-27-8-16(18,19)7-23-15(27)28;1-8-7(11)6-5(4-2-3-4)9-12-10-6;1-2-3-1/h3-4,9-10H,5-8H2,1-2H3,(H,23,28)(H,24,25,26);4H,2-3H2,1H3,(H,8,11);1-3H2/t9-,10-;;/m1../s1. The van der Waals surface area contributed by atoms with Gasteiger partial charge in [-0.15, -0.1) is 0 Å². The number of urea groups is 1. The third-order valence-corrected chi connectivity index (χ3v) is 6.66. The highest BCUT2D eigenvalue weighted by molar-refractivity contribution is 5.93. The molecule has 17 heteroatoms. The number of aromatic nitrogens is 5. The minimum atomic E-state index is -4.45. The van der Waals surface area contributed by atoms with Gasteiger partial charge in [0.15, 0.2) is 17.4 Å². The second-order valence-corrected chi connectivity index (χ2v) is 11.0. The van der Waals surface area contributed by atoms with Crippen LogP contribution in [0, 0.1) is 0 Å². The zero-order valence-corrected chi connectivity index (χ0v) is 24.5. The minimum absolute atomic E-state index is 0.104. The van der Waals surface area contributed by atoms with E-state index in [1.54, 1.807) is 19.2 Å². The predicted octanol–water partition coefficient (Wildman–Crippen LogP) is 4.49. The fourth-order valence-corrected chi connectivity index (χ4v) is 4.06. The van der Waals surface area contributed by atoms with Crippen molar-refractivity contribution >= 4 is 23.1 Å². The molecule has 3 aromatic heterocycles. The number of halogens is 5. The highest BCUT2D eigenvalue weighted by Gasteiger charge is 2.39. The van der Waals surface area contributed by atoms with Crippen LogP contribution in [0.2, 0.25) is 0 Å². The summed E-state index contributed by atoms with van der Waals surface area (Å²) in [7, 11) is 1.56. The van der Waals surface area contributed by atoms with Crippen molar-refractivity contribution in [2.24, 2.45) is 0 Å². The predicted molar refractivity (Wildman–Crippen MR) is 146 cm³/mol.